The molecule has 0 aliphatic carbocycles. The van der Waals surface area contributed by atoms with Crippen molar-refractivity contribution in [1.29, 1.82) is 0 Å². The van der Waals surface area contributed by atoms with Gasteiger partial charge in [0.05, 0.1) is 31.4 Å². The first-order valence-corrected chi connectivity index (χ1v) is 6.25. The van der Waals surface area contributed by atoms with Crippen LogP contribution in [0.2, 0.25) is 0 Å². The second kappa shape index (κ2) is 7.42. The lowest BCUT2D eigenvalue weighted by atomic mass is 10.1. The Hall–Kier alpha value is -2.18. The highest BCUT2D eigenvalue weighted by Gasteiger charge is 2.03. The Balaban J connectivity index is 1.83. The summed E-state index contributed by atoms with van der Waals surface area (Å²) >= 11 is 0. The molecule has 106 valence electrons. The van der Waals surface area contributed by atoms with Gasteiger partial charge < -0.3 is 19.8 Å². The Morgan fingerprint density at radius 2 is 2.10 bits per heavy atom. The highest BCUT2D eigenvalue weighted by atomic mass is 16.5. The van der Waals surface area contributed by atoms with Crippen molar-refractivity contribution < 1.29 is 14.3 Å². The van der Waals surface area contributed by atoms with Gasteiger partial charge in [-0.05, 0) is 17.7 Å². The number of nitrogens with one attached hydrogen (secondary N) is 2. The van der Waals surface area contributed by atoms with Crippen molar-refractivity contribution in [2.75, 3.05) is 32.2 Å². The van der Waals surface area contributed by atoms with Gasteiger partial charge in [0.25, 0.3) is 0 Å². The standard InChI is InChI=1S/C14H17N3O3/c1-19-6-7-20-9-14(18)17-12-4-2-11(3-5-12)13-8-15-10-16-13/h2-5,8,10H,6-7,9H2,1H3,(H,15,16)(H,17,18). The van der Waals surface area contributed by atoms with Crippen LogP contribution in [0, 0.1) is 0 Å². The second-order valence-electron chi connectivity index (χ2n) is 4.14. The van der Waals surface area contributed by atoms with Crippen LogP contribution in [-0.2, 0) is 14.3 Å². The number of aromatic amines is 1. The predicted octanol–water partition coefficient (Wildman–Crippen LogP) is 1.68. The van der Waals surface area contributed by atoms with Gasteiger partial charge in [0.1, 0.15) is 6.61 Å². The molecule has 0 atom stereocenters. The zero-order valence-electron chi connectivity index (χ0n) is 11.3. The van der Waals surface area contributed by atoms with Crippen molar-refractivity contribution in [1.82, 2.24) is 9.97 Å². The molecular formula is C14H17N3O3. The van der Waals surface area contributed by atoms with Gasteiger partial charge >= 0.3 is 0 Å². The predicted molar refractivity (Wildman–Crippen MR) is 75.3 cm³/mol. The van der Waals surface area contributed by atoms with Crippen LogP contribution in [0.3, 0.4) is 0 Å². The van der Waals surface area contributed by atoms with E-state index in [1.807, 2.05) is 24.3 Å². The minimum absolute atomic E-state index is 0.0195. The molecule has 1 aromatic carbocycles. The average Bonchev–Trinajstić information content (AvgIpc) is 2.99. The van der Waals surface area contributed by atoms with Crippen LogP contribution < -0.4 is 5.32 Å². The number of anilines is 1. The number of rotatable bonds is 7. The number of carbonyl (C=O) groups is 1. The molecule has 0 saturated carbocycles. The first kappa shape index (κ1) is 14.2. The van der Waals surface area contributed by atoms with E-state index in [-0.39, 0.29) is 12.5 Å². The second-order valence-corrected chi connectivity index (χ2v) is 4.14. The fourth-order valence-corrected chi connectivity index (χ4v) is 1.65. The monoisotopic (exact) mass is 275 g/mol. The number of benzene rings is 1. The molecule has 1 heterocycles. The largest absolute Gasteiger partial charge is 0.382 e. The van der Waals surface area contributed by atoms with Crippen LogP contribution in [-0.4, -0.2) is 42.8 Å². The van der Waals surface area contributed by atoms with E-state index in [9.17, 15) is 4.79 Å². The van der Waals surface area contributed by atoms with E-state index in [2.05, 4.69) is 15.3 Å². The van der Waals surface area contributed by atoms with Crippen molar-refractivity contribution in [3.05, 3.63) is 36.8 Å². The maximum Gasteiger partial charge on any atom is 0.250 e. The van der Waals surface area contributed by atoms with E-state index >= 15 is 0 Å². The first-order valence-electron chi connectivity index (χ1n) is 6.25. The normalized spacial score (nSPS) is 10.4. The van der Waals surface area contributed by atoms with Crippen LogP contribution >= 0.6 is 0 Å². The van der Waals surface area contributed by atoms with Crippen LogP contribution in [0.15, 0.2) is 36.8 Å². The van der Waals surface area contributed by atoms with Gasteiger partial charge in [-0.1, -0.05) is 12.1 Å². The number of methoxy groups -OCH3 is 1. The molecule has 0 radical (unpaired) electrons. The summed E-state index contributed by atoms with van der Waals surface area (Å²) in [7, 11) is 1.59. The number of nitrogens with zero attached hydrogens (tertiary/aromatic N) is 1. The molecule has 0 saturated heterocycles. The molecule has 0 aliphatic heterocycles. The highest BCUT2D eigenvalue weighted by Crippen LogP contribution is 2.18. The van der Waals surface area contributed by atoms with Gasteiger partial charge in [0.2, 0.25) is 5.91 Å². The number of ether oxygens (including phenoxy) is 2. The minimum Gasteiger partial charge on any atom is -0.382 e. The number of hydrogen-bond acceptors (Lipinski definition) is 4. The van der Waals surface area contributed by atoms with Crippen molar-refractivity contribution >= 4 is 11.6 Å². The summed E-state index contributed by atoms with van der Waals surface area (Å²) < 4.78 is 9.97. The first-order chi connectivity index (χ1) is 9.79. The number of hydrogen-bond donors (Lipinski definition) is 2. The molecule has 0 unspecified atom stereocenters. The van der Waals surface area contributed by atoms with E-state index in [0.717, 1.165) is 16.9 Å². The number of amides is 1. The van der Waals surface area contributed by atoms with E-state index in [0.29, 0.717) is 13.2 Å². The number of H-pyrrole nitrogens is 1. The molecule has 20 heavy (non-hydrogen) atoms. The molecule has 6 heteroatoms. The lowest BCUT2D eigenvalue weighted by Gasteiger charge is -2.06. The van der Waals surface area contributed by atoms with E-state index in [1.165, 1.54) is 0 Å². The zero-order valence-corrected chi connectivity index (χ0v) is 11.3. The Morgan fingerprint density at radius 3 is 2.75 bits per heavy atom. The number of imidazole rings is 1. The number of aromatic nitrogens is 2. The summed E-state index contributed by atoms with van der Waals surface area (Å²) in [5.41, 5.74) is 2.68. The smallest absolute Gasteiger partial charge is 0.250 e. The fraction of sp³-hybridized carbons (Fsp3) is 0.286. The quantitative estimate of drug-likeness (QED) is 0.754. The third-order valence-electron chi connectivity index (χ3n) is 2.64. The Bertz CT molecular complexity index is 523. The molecule has 0 aliphatic rings. The Labute approximate surface area is 117 Å². The molecular weight excluding hydrogens is 258 g/mol. The van der Waals surface area contributed by atoms with Crippen LogP contribution in [0.25, 0.3) is 11.3 Å². The van der Waals surface area contributed by atoms with E-state index < -0.39 is 0 Å². The maximum absolute atomic E-state index is 11.6. The van der Waals surface area contributed by atoms with E-state index in [1.54, 1.807) is 19.6 Å². The van der Waals surface area contributed by atoms with Gasteiger partial charge in [-0.25, -0.2) is 4.98 Å². The fourth-order valence-electron chi connectivity index (χ4n) is 1.65. The third-order valence-corrected chi connectivity index (χ3v) is 2.64. The molecule has 0 spiro atoms. The molecule has 1 amide bonds. The van der Waals surface area contributed by atoms with Crippen LogP contribution in [0.5, 0.6) is 0 Å². The Kier molecular flexibility index (Phi) is 5.28. The van der Waals surface area contributed by atoms with Gasteiger partial charge in [-0.2, -0.15) is 0 Å². The van der Waals surface area contributed by atoms with Crippen LogP contribution in [0.4, 0.5) is 5.69 Å². The summed E-state index contributed by atoms with van der Waals surface area (Å²) in [4.78, 5) is 18.6. The molecule has 0 bridgehead atoms. The summed E-state index contributed by atoms with van der Waals surface area (Å²) in [5.74, 6) is -0.185. The lowest BCUT2D eigenvalue weighted by molar-refractivity contribution is -0.121. The van der Waals surface area contributed by atoms with E-state index in [4.69, 9.17) is 9.47 Å². The van der Waals surface area contributed by atoms with Gasteiger partial charge in [0, 0.05) is 12.8 Å². The molecule has 0 fully saturated rings. The number of carbonyl (C=O) groups excluding carboxylic acids is 1. The SMILES string of the molecule is COCCOCC(=O)Nc1ccc(-c2cnc[nH]2)cc1. The van der Waals surface area contributed by atoms with Crippen molar-refractivity contribution in [3.63, 3.8) is 0 Å². The lowest BCUT2D eigenvalue weighted by Crippen LogP contribution is -2.19. The zero-order chi connectivity index (χ0) is 14.2. The van der Waals surface area contributed by atoms with Crippen LogP contribution in [0.1, 0.15) is 0 Å². The summed E-state index contributed by atoms with van der Waals surface area (Å²) in [5, 5.41) is 2.76. The third kappa shape index (κ3) is 4.18. The Morgan fingerprint density at radius 1 is 1.30 bits per heavy atom. The summed E-state index contributed by atoms with van der Waals surface area (Å²) in [6.45, 7) is 0.903. The summed E-state index contributed by atoms with van der Waals surface area (Å²) in [6.07, 6.45) is 3.37. The van der Waals surface area contributed by atoms with Crippen molar-refractivity contribution in [3.8, 4) is 11.3 Å². The maximum atomic E-state index is 11.6. The van der Waals surface area contributed by atoms with Crippen molar-refractivity contribution in [2.45, 2.75) is 0 Å². The molecule has 1 aromatic heterocycles. The molecule has 2 rings (SSSR count). The molecule has 2 N–H and O–H groups in total. The van der Waals surface area contributed by atoms with Gasteiger partial charge in [-0.15, -0.1) is 0 Å². The van der Waals surface area contributed by atoms with Crippen molar-refractivity contribution in [2.24, 2.45) is 0 Å². The topological polar surface area (TPSA) is 76.2 Å². The minimum atomic E-state index is -0.185. The summed E-state index contributed by atoms with van der Waals surface area (Å²) in [6, 6.07) is 7.50. The van der Waals surface area contributed by atoms with Gasteiger partial charge in [0.15, 0.2) is 0 Å². The molecule has 2 aromatic rings. The average molecular weight is 275 g/mol. The molecule has 6 nitrogen and oxygen atoms in total. The highest BCUT2D eigenvalue weighted by molar-refractivity contribution is 5.91. The van der Waals surface area contributed by atoms with Gasteiger partial charge in [-0.3, -0.25) is 4.79 Å².